The van der Waals surface area contributed by atoms with E-state index in [-0.39, 0.29) is 11.7 Å². The van der Waals surface area contributed by atoms with Gasteiger partial charge in [-0.25, -0.2) is 4.98 Å². The number of aromatic nitrogens is 1. The van der Waals surface area contributed by atoms with Gasteiger partial charge in [-0.3, -0.25) is 4.79 Å². The molecule has 0 N–H and O–H groups in total. The second-order valence-electron chi connectivity index (χ2n) is 5.20. The van der Waals surface area contributed by atoms with Gasteiger partial charge in [0.25, 0.3) is 5.91 Å². The van der Waals surface area contributed by atoms with E-state index < -0.39 is 0 Å². The minimum atomic E-state index is -0.146. The van der Waals surface area contributed by atoms with E-state index in [1.54, 1.807) is 4.90 Å². The highest BCUT2D eigenvalue weighted by atomic mass is 16.3. The molecule has 0 radical (unpaired) electrons. The molecule has 1 aromatic heterocycles. The van der Waals surface area contributed by atoms with Crippen molar-refractivity contribution in [3.63, 3.8) is 0 Å². The first-order valence-corrected chi connectivity index (χ1v) is 7.61. The second-order valence-corrected chi connectivity index (χ2v) is 5.20. The van der Waals surface area contributed by atoms with Gasteiger partial charge in [-0.05, 0) is 12.5 Å². The standard InChI is InChI=1S/C19H18N2O2/c1-2-21(13-15-9-5-3-6-10-15)19(22)18-17(20-14-23-18)16-11-7-4-8-12-16/h3-12,14H,2,13H2,1H3. The average molecular weight is 306 g/mol. The first-order valence-electron chi connectivity index (χ1n) is 7.61. The van der Waals surface area contributed by atoms with Crippen molar-refractivity contribution < 1.29 is 9.21 Å². The van der Waals surface area contributed by atoms with Crippen LogP contribution in [0.3, 0.4) is 0 Å². The predicted molar refractivity (Wildman–Crippen MR) is 88.8 cm³/mol. The third kappa shape index (κ3) is 3.31. The number of carbonyl (C=O) groups is 1. The molecule has 0 aliphatic carbocycles. The Labute approximate surface area is 135 Å². The third-order valence-electron chi connectivity index (χ3n) is 3.69. The average Bonchev–Trinajstić information content (AvgIpc) is 3.10. The lowest BCUT2D eigenvalue weighted by molar-refractivity contribution is 0.0721. The Morgan fingerprint density at radius 1 is 1.04 bits per heavy atom. The van der Waals surface area contributed by atoms with E-state index >= 15 is 0 Å². The van der Waals surface area contributed by atoms with E-state index in [9.17, 15) is 4.79 Å². The summed E-state index contributed by atoms with van der Waals surface area (Å²) in [5.74, 6) is 0.140. The van der Waals surface area contributed by atoms with Crippen LogP contribution in [0.4, 0.5) is 0 Å². The number of hydrogen-bond acceptors (Lipinski definition) is 3. The number of amides is 1. The molecule has 23 heavy (non-hydrogen) atoms. The SMILES string of the molecule is CCN(Cc1ccccc1)C(=O)c1ocnc1-c1ccccc1. The van der Waals surface area contributed by atoms with Crippen LogP contribution in [0, 0.1) is 0 Å². The summed E-state index contributed by atoms with van der Waals surface area (Å²) in [5.41, 5.74) is 2.55. The number of carbonyl (C=O) groups excluding carboxylic acids is 1. The molecule has 0 fully saturated rings. The summed E-state index contributed by atoms with van der Waals surface area (Å²) >= 11 is 0. The lowest BCUT2D eigenvalue weighted by atomic mass is 10.1. The van der Waals surface area contributed by atoms with Crippen molar-refractivity contribution in [1.29, 1.82) is 0 Å². The van der Waals surface area contributed by atoms with Crippen LogP contribution in [-0.4, -0.2) is 22.3 Å². The molecule has 0 aliphatic heterocycles. The summed E-state index contributed by atoms with van der Waals surface area (Å²) in [4.78, 5) is 18.8. The van der Waals surface area contributed by atoms with Gasteiger partial charge < -0.3 is 9.32 Å². The highest BCUT2D eigenvalue weighted by molar-refractivity contribution is 5.97. The van der Waals surface area contributed by atoms with E-state index in [4.69, 9.17) is 4.42 Å². The molecule has 0 unspecified atom stereocenters. The minimum absolute atomic E-state index is 0.146. The molecule has 2 aromatic carbocycles. The van der Waals surface area contributed by atoms with Gasteiger partial charge in [0.05, 0.1) is 0 Å². The fourth-order valence-corrected chi connectivity index (χ4v) is 2.47. The minimum Gasteiger partial charge on any atom is -0.438 e. The maximum Gasteiger partial charge on any atom is 0.292 e. The van der Waals surface area contributed by atoms with Crippen molar-refractivity contribution in [1.82, 2.24) is 9.88 Å². The fraction of sp³-hybridized carbons (Fsp3) is 0.158. The van der Waals surface area contributed by atoms with Crippen LogP contribution >= 0.6 is 0 Å². The van der Waals surface area contributed by atoms with Crippen LogP contribution in [0.15, 0.2) is 71.5 Å². The first-order chi connectivity index (χ1) is 11.3. The zero-order valence-corrected chi connectivity index (χ0v) is 13.0. The molecule has 0 saturated heterocycles. The molecule has 0 spiro atoms. The molecule has 1 heterocycles. The molecule has 0 atom stereocenters. The summed E-state index contributed by atoms with van der Waals surface area (Å²) in [5, 5.41) is 0. The Hall–Kier alpha value is -2.88. The molecule has 0 aliphatic rings. The largest absolute Gasteiger partial charge is 0.438 e. The Morgan fingerprint density at radius 2 is 1.70 bits per heavy atom. The number of rotatable bonds is 5. The van der Waals surface area contributed by atoms with Gasteiger partial charge in [0.1, 0.15) is 5.69 Å². The number of oxazole rings is 1. The molecule has 3 aromatic rings. The lowest BCUT2D eigenvalue weighted by Gasteiger charge is -2.20. The van der Waals surface area contributed by atoms with Crippen LogP contribution in [-0.2, 0) is 6.54 Å². The summed E-state index contributed by atoms with van der Waals surface area (Å²) in [7, 11) is 0. The zero-order valence-electron chi connectivity index (χ0n) is 13.0. The molecule has 0 bridgehead atoms. The van der Waals surface area contributed by atoms with E-state index in [2.05, 4.69) is 4.98 Å². The Morgan fingerprint density at radius 3 is 2.35 bits per heavy atom. The van der Waals surface area contributed by atoms with E-state index in [0.29, 0.717) is 18.8 Å². The van der Waals surface area contributed by atoms with Gasteiger partial charge in [0, 0.05) is 18.7 Å². The third-order valence-corrected chi connectivity index (χ3v) is 3.69. The second kappa shape index (κ2) is 6.92. The van der Waals surface area contributed by atoms with Crippen molar-refractivity contribution in [2.75, 3.05) is 6.54 Å². The molecule has 4 heteroatoms. The molecule has 4 nitrogen and oxygen atoms in total. The van der Waals surface area contributed by atoms with Crippen LogP contribution in [0.25, 0.3) is 11.3 Å². The van der Waals surface area contributed by atoms with Crippen LogP contribution in [0.1, 0.15) is 23.0 Å². The summed E-state index contributed by atoms with van der Waals surface area (Å²) in [6, 6.07) is 19.5. The molecular weight excluding hydrogens is 288 g/mol. The van der Waals surface area contributed by atoms with E-state index in [1.807, 2.05) is 67.6 Å². The van der Waals surface area contributed by atoms with Gasteiger partial charge in [-0.1, -0.05) is 60.7 Å². The zero-order chi connectivity index (χ0) is 16.1. The highest BCUT2D eigenvalue weighted by Crippen LogP contribution is 2.23. The lowest BCUT2D eigenvalue weighted by Crippen LogP contribution is -2.30. The topological polar surface area (TPSA) is 46.3 Å². The van der Waals surface area contributed by atoms with Crippen LogP contribution in [0.5, 0.6) is 0 Å². The predicted octanol–water partition coefficient (Wildman–Crippen LogP) is 4.00. The van der Waals surface area contributed by atoms with Gasteiger partial charge in [-0.2, -0.15) is 0 Å². The van der Waals surface area contributed by atoms with E-state index in [0.717, 1.165) is 11.1 Å². The fourth-order valence-electron chi connectivity index (χ4n) is 2.47. The highest BCUT2D eigenvalue weighted by Gasteiger charge is 2.23. The van der Waals surface area contributed by atoms with Crippen molar-refractivity contribution in [3.05, 3.63) is 78.4 Å². The van der Waals surface area contributed by atoms with Crippen LogP contribution < -0.4 is 0 Å². The Kier molecular flexibility index (Phi) is 4.52. The van der Waals surface area contributed by atoms with Crippen molar-refractivity contribution in [3.8, 4) is 11.3 Å². The molecule has 116 valence electrons. The Bertz CT molecular complexity index is 766. The smallest absolute Gasteiger partial charge is 0.292 e. The maximum absolute atomic E-state index is 12.8. The molecular formula is C19H18N2O2. The van der Waals surface area contributed by atoms with Gasteiger partial charge in [0.15, 0.2) is 6.39 Å². The van der Waals surface area contributed by atoms with Gasteiger partial charge in [0.2, 0.25) is 5.76 Å². The van der Waals surface area contributed by atoms with Gasteiger partial charge in [-0.15, -0.1) is 0 Å². The van der Waals surface area contributed by atoms with Crippen molar-refractivity contribution in [2.45, 2.75) is 13.5 Å². The number of benzene rings is 2. The van der Waals surface area contributed by atoms with Crippen LogP contribution in [0.2, 0.25) is 0 Å². The molecule has 1 amide bonds. The molecule has 0 saturated carbocycles. The number of nitrogens with zero attached hydrogens (tertiary/aromatic N) is 2. The number of hydrogen-bond donors (Lipinski definition) is 0. The Balaban J connectivity index is 1.86. The van der Waals surface area contributed by atoms with E-state index in [1.165, 1.54) is 6.39 Å². The quantitative estimate of drug-likeness (QED) is 0.715. The maximum atomic E-state index is 12.8. The first kappa shape index (κ1) is 15.0. The van der Waals surface area contributed by atoms with Gasteiger partial charge >= 0.3 is 0 Å². The summed E-state index contributed by atoms with van der Waals surface area (Å²) < 4.78 is 5.40. The summed E-state index contributed by atoms with van der Waals surface area (Å²) in [6.45, 7) is 3.10. The summed E-state index contributed by atoms with van der Waals surface area (Å²) in [6.07, 6.45) is 1.33. The normalized spacial score (nSPS) is 10.5. The molecule has 3 rings (SSSR count). The van der Waals surface area contributed by atoms with Crippen molar-refractivity contribution in [2.24, 2.45) is 0 Å². The van der Waals surface area contributed by atoms with Crippen molar-refractivity contribution >= 4 is 5.91 Å². The monoisotopic (exact) mass is 306 g/mol.